The maximum atomic E-state index is 12.0. The number of rotatable bonds is 5. The molecule has 6 heteroatoms. The predicted molar refractivity (Wildman–Crippen MR) is 67.4 cm³/mol. The molecule has 1 aromatic heterocycles. The van der Waals surface area contributed by atoms with Crippen LogP contribution in [0.4, 0.5) is 0 Å². The van der Waals surface area contributed by atoms with Crippen molar-refractivity contribution in [2.24, 2.45) is 5.41 Å². The van der Waals surface area contributed by atoms with Gasteiger partial charge >= 0.3 is 0 Å². The third-order valence-electron chi connectivity index (χ3n) is 3.39. The SMILES string of the molecule is CC1(CNS(=O)(=O)c2ccsc2CO)CCC1. The summed E-state index contributed by atoms with van der Waals surface area (Å²) in [6.07, 6.45) is 3.33. The third-order valence-corrected chi connectivity index (χ3v) is 5.91. The first kappa shape index (κ1) is 13.0. The summed E-state index contributed by atoms with van der Waals surface area (Å²) in [5.74, 6) is 0. The fraction of sp³-hybridized carbons (Fsp3) is 0.636. The highest BCUT2D eigenvalue weighted by Gasteiger charge is 2.33. The number of hydrogen-bond acceptors (Lipinski definition) is 4. The molecule has 1 fully saturated rings. The minimum Gasteiger partial charge on any atom is -0.391 e. The summed E-state index contributed by atoms with van der Waals surface area (Å²) in [7, 11) is -3.47. The van der Waals surface area contributed by atoms with Crippen LogP contribution in [0.2, 0.25) is 0 Å². The molecule has 1 heterocycles. The van der Waals surface area contributed by atoms with E-state index in [0.29, 0.717) is 11.4 Å². The van der Waals surface area contributed by atoms with Crippen LogP contribution in [0.15, 0.2) is 16.3 Å². The monoisotopic (exact) mass is 275 g/mol. The van der Waals surface area contributed by atoms with E-state index in [1.807, 2.05) is 0 Å². The Balaban J connectivity index is 2.08. The second kappa shape index (κ2) is 4.68. The minimum absolute atomic E-state index is 0.114. The van der Waals surface area contributed by atoms with Gasteiger partial charge in [-0.25, -0.2) is 13.1 Å². The quantitative estimate of drug-likeness (QED) is 0.859. The number of aliphatic hydroxyl groups is 1. The molecule has 0 aromatic carbocycles. The predicted octanol–water partition coefficient (Wildman–Crippen LogP) is 1.71. The zero-order valence-corrected chi connectivity index (χ0v) is 11.4. The summed E-state index contributed by atoms with van der Waals surface area (Å²) in [6.45, 7) is 2.35. The van der Waals surface area contributed by atoms with E-state index in [1.54, 1.807) is 11.4 Å². The van der Waals surface area contributed by atoms with E-state index in [2.05, 4.69) is 11.6 Å². The van der Waals surface area contributed by atoms with Gasteiger partial charge in [0.05, 0.1) is 11.5 Å². The van der Waals surface area contributed by atoms with Gasteiger partial charge in [0.25, 0.3) is 0 Å². The van der Waals surface area contributed by atoms with Crippen molar-refractivity contribution in [3.05, 3.63) is 16.3 Å². The summed E-state index contributed by atoms with van der Waals surface area (Å²) in [4.78, 5) is 0.712. The fourth-order valence-corrected chi connectivity index (χ4v) is 4.48. The average molecular weight is 275 g/mol. The highest BCUT2D eigenvalue weighted by atomic mass is 32.2. The van der Waals surface area contributed by atoms with E-state index in [-0.39, 0.29) is 16.9 Å². The van der Waals surface area contributed by atoms with E-state index < -0.39 is 10.0 Å². The molecular weight excluding hydrogens is 258 g/mol. The van der Waals surface area contributed by atoms with E-state index in [0.717, 1.165) is 12.8 Å². The Bertz CT molecular complexity index is 489. The average Bonchev–Trinajstić information content (AvgIpc) is 2.72. The summed E-state index contributed by atoms with van der Waals surface area (Å²) >= 11 is 1.26. The van der Waals surface area contributed by atoms with Crippen molar-refractivity contribution in [2.45, 2.75) is 37.7 Å². The lowest BCUT2D eigenvalue weighted by molar-refractivity contribution is 0.166. The molecule has 1 aliphatic rings. The van der Waals surface area contributed by atoms with Crippen molar-refractivity contribution in [3.8, 4) is 0 Å². The van der Waals surface area contributed by atoms with Crippen LogP contribution < -0.4 is 4.72 Å². The molecule has 1 aliphatic carbocycles. The van der Waals surface area contributed by atoms with Crippen LogP contribution in [0, 0.1) is 5.41 Å². The van der Waals surface area contributed by atoms with Crippen LogP contribution in [0.3, 0.4) is 0 Å². The smallest absolute Gasteiger partial charge is 0.241 e. The Kier molecular flexibility index (Phi) is 3.58. The highest BCUT2D eigenvalue weighted by Crippen LogP contribution is 2.39. The van der Waals surface area contributed by atoms with Gasteiger partial charge in [-0.05, 0) is 29.7 Å². The molecule has 2 rings (SSSR count). The lowest BCUT2D eigenvalue weighted by Crippen LogP contribution is -2.39. The first-order chi connectivity index (χ1) is 7.97. The second-order valence-corrected chi connectivity index (χ2v) is 7.59. The van der Waals surface area contributed by atoms with Crippen LogP contribution in [0.5, 0.6) is 0 Å². The molecular formula is C11H17NO3S2. The first-order valence-corrected chi connectivity index (χ1v) is 8.00. The van der Waals surface area contributed by atoms with Crippen molar-refractivity contribution >= 4 is 21.4 Å². The van der Waals surface area contributed by atoms with Crippen LogP contribution in [-0.2, 0) is 16.6 Å². The lowest BCUT2D eigenvalue weighted by atomic mass is 9.71. The second-order valence-electron chi connectivity index (χ2n) is 4.85. The molecule has 0 spiro atoms. The molecule has 96 valence electrons. The number of hydrogen-bond donors (Lipinski definition) is 2. The molecule has 0 amide bonds. The number of sulfonamides is 1. The van der Waals surface area contributed by atoms with Crippen molar-refractivity contribution < 1.29 is 13.5 Å². The lowest BCUT2D eigenvalue weighted by Gasteiger charge is -2.38. The fourth-order valence-electron chi connectivity index (χ4n) is 1.99. The Morgan fingerprint density at radius 3 is 2.76 bits per heavy atom. The van der Waals surface area contributed by atoms with Crippen molar-refractivity contribution in [2.75, 3.05) is 6.54 Å². The molecule has 0 bridgehead atoms. The number of nitrogens with one attached hydrogen (secondary N) is 1. The van der Waals surface area contributed by atoms with Crippen molar-refractivity contribution in [3.63, 3.8) is 0 Å². The molecule has 17 heavy (non-hydrogen) atoms. The summed E-state index contributed by atoms with van der Waals surface area (Å²) in [6, 6.07) is 1.54. The maximum absolute atomic E-state index is 12.0. The van der Waals surface area contributed by atoms with E-state index in [9.17, 15) is 8.42 Å². The largest absolute Gasteiger partial charge is 0.391 e. The molecule has 0 aliphatic heterocycles. The van der Waals surface area contributed by atoms with Gasteiger partial charge in [0, 0.05) is 11.4 Å². The van der Waals surface area contributed by atoms with Gasteiger partial charge in [-0.2, -0.15) is 0 Å². The van der Waals surface area contributed by atoms with Crippen LogP contribution in [-0.4, -0.2) is 20.1 Å². The Hall–Kier alpha value is -0.430. The van der Waals surface area contributed by atoms with Gasteiger partial charge in [-0.1, -0.05) is 13.3 Å². The van der Waals surface area contributed by atoms with Crippen LogP contribution in [0.25, 0.3) is 0 Å². The zero-order chi connectivity index (χ0) is 12.5. The Morgan fingerprint density at radius 1 is 1.53 bits per heavy atom. The first-order valence-electron chi connectivity index (χ1n) is 5.64. The molecule has 0 saturated heterocycles. The molecule has 1 aromatic rings. The minimum atomic E-state index is -3.47. The van der Waals surface area contributed by atoms with Gasteiger partial charge in [0.2, 0.25) is 10.0 Å². The summed E-state index contributed by atoms with van der Waals surface area (Å²) in [5, 5.41) is 10.8. The van der Waals surface area contributed by atoms with Crippen molar-refractivity contribution in [1.82, 2.24) is 4.72 Å². The van der Waals surface area contributed by atoms with Gasteiger partial charge in [-0.3, -0.25) is 0 Å². The standard InChI is InChI=1S/C11H17NO3S2/c1-11(4-2-5-11)8-12-17(14,15)10-3-6-16-9(10)7-13/h3,6,12-13H,2,4-5,7-8H2,1H3. The van der Waals surface area contributed by atoms with Gasteiger partial charge in [0.1, 0.15) is 0 Å². The number of thiophene rings is 1. The summed E-state index contributed by atoms with van der Waals surface area (Å²) < 4.78 is 26.7. The molecule has 0 unspecified atom stereocenters. The maximum Gasteiger partial charge on any atom is 0.241 e. The number of aliphatic hydroxyl groups excluding tert-OH is 1. The van der Waals surface area contributed by atoms with Gasteiger partial charge < -0.3 is 5.11 Å². The van der Waals surface area contributed by atoms with Crippen LogP contribution >= 0.6 is 11.3 Å². The molecule has 4 nitrogen and oxygen atoms in total. The van der Waals surface area contributed by atoms with E-state index >= 15 is 0 Å². The highest BCUT2D eigenvalue weighted by molar-refractivity contribution is 7.89. The van der Waals surface area contributed by atoms with Crippen molar-refractivity contribution in [1.29, 1.82) is 0 Å². The van der Waals surface area contributed by atoms with Gasteiger partial charge in [-0.15, -0.1) is 11.3 Å². The van der Waals surface area contributed by atoms with E-state index in [4.69, 9.17) is 5.11 Å². The third kappa shape index (κ3) is 2.70. The molecule has 0 atom stereocenters. The Morgan fingerprint density at radius 2 is 2.24 bits per heavy atom. The molecule has 2 N–H and O–H groups in total. The zero-order valence-electron chi connectivity index (χ0n) is 9.77. The molecule has 1 saturated carbocycles. The Labute approximate surface area is 106 Å². The van der Waals surface area contributed by atoms with Crippen LogP contribution in [0.1, 0.15) is 31.1 Å². The normalized spacial score (nSPS) is 18.9. The van der Waals surface area contributed by atoms with E-state index in [1.165, 1.54) is 17.8 Å². The molecule has 0 radical (unpaired) electrons. The topological polar surface area (TPSA) is 66.4 Å². The van der Waals surface area contributed by atoms with Gasteiger partial charge in [0.15, 0.2) is 0 Å². The summed E-state index contributed by atoms with van der Waals surface area (Å²) in [5.41, 5.74) is 0.114.